The molecular formula is C20H19F2N5O2S2. The minimum Gasteiger partial charge on any atom is -0.435 e. The van der Waals surface area contributed by atoms with Crippen LogP contribution in [0.2, 0.25) is 0 Å². The highest BCUT2D eigenvalue weighted by Crippen LogP contribution is 2.28. The lowest BCUT2D eigenvalue weighted by Crippen LogP contribution is -2.16. The molecule has 3 rings (SSSR count). The van der Waals surface area contributed by atoms with Crippen molar-refractivity contribution in [2.45, 2.75) is 16.7 Å². The number of hydrogen-bond donors (Lipinski definition) is 2. The zero-order valence-corrected chi connectivity index (χ0v) is 17.8. The number of para-hydroxylation sites is 1. The summed E-state index contributed by atoms with van der Waals surface area (Å²) in [5.41, 5.74) is 1.29. The minimum atomic E-state index is -2.90. The van der Waals surface area contributed by atoms with E-state index in [0.29, 0.717) is 16.5 Å². The van der Waals surface area contributed by atoms with Crippen LogP contribution in [-0.4, -0.2) is 38.9 Å². The first kappa shape index (κ1) is 22.6. The lowest BCUT2D eigenvalue weighted by Gasteiger charge is -2.10. The molecule has 7 nitrogen and oxygen atoms in total. The summed E-state index contributed by atoms with van der Waals surface area (Å²) >= 11 is 2.71. The molecule has 0 saturated carbocycles. The Morgan fingerprint density at radius 1 is 1.19 bits per heavy atom. The Morgan fingerprint density at radius 3 is 2.65 bits per heavy atom. The average Bonchev–Trinajstić information content (AvgIpc) is 3.12. The number of nitrogens with zero attached hydrogens (tertiary/aromatic N) is 3. The molecule has 0 aliphatic carbocycles. The number of hydrogen-bond acceptors (Lipinski definition) is 7. The second-order valence-corrected chi connectivity index (χ2v) is 8.02. The molecule has 0 saturated heterocycles. The molecule has 0 unspecified atom stereocenters. The van der Waals surface area contributed by atoms with Gasteiger partial charge in [0.25, 0.3) is 0 Å². The van der Waals surface area contributed by atoms with Gasteiger partial charge in [-0.25, -0.2) is 4.68 Å². The number of nitrogens with one attached hydrogen (secondary N) is 1. The maximum absolute atomic E-state index is 12.4. The number of nitrogen functional groups attached to an aromatic ring is 1. The third-order valence-electron chi connectivity index (χ3n) is 3.85. The Labute approximate surface area is 186 Å². The second kappa shape index (κ2) is 10.8. The number of rotatable bonds is 10. The molecule has 0 radical (unpaired) electrons. The third-order valence-corrected chi connectivity index (χ3v) is 5.86. The monoisotopic (exact) mass is 463 g/mol. The summed E-state index contributed by atoms with van der Waals surface area (Å²) in [6.45, 7) is 0.805. The van der Waals surface area contributed by atoms with Crippen LogP contribution in [0, 0.1) is 0 Å². The van der Waals surface area contributed by atoms with Crippen molar-refractivity contribution >= 4 is 35.1 Å². The van der Waals surface area contributed by atoms with E-state index in [2.05, 4.69) is 26.8 Å². The van der Waals surface area contributed by atoms with E-state index in [4.69, 9.17) is 5.84 Å². The summed E-state index contributed by atoms with van der Waals surface area (Å²) in [6, 6.07) is 13.4. The molecule has 0 atom stereocenters. The number of nitrogens with two attached hydrogens (primary N) is 1. The van der Waals surface area contributed by atoms with E-state index in [1.165, 1.54) is 16.8 Å². The fraction of sp³-hybridized carbons (Fsp3) is 0.150. The average molecular weight is 464 g/mol. The van der Waals surface area contributed by atoms with Crippen molar-refractivity contribution in [1.82, 2.24) is 14.9 Å². The van der Waals surface area contributed by atoms with Crippen molar-refractivity contribution in [3.63, 3.8) is 0 Å². The minimum absolute atomic E-state index is 0.0274. The normalized spacial score (nSPS) is 10.8. The van der Waals surface area contributed by atoms with Crippen molar-refractivity contribution in [3.05, 3.63) is 61.2 Å². The van der Waals surface area contributed by atoms with Crippen LogP contribution in [0.5, 0.6) is 5.75 Å². The van der Waals surface area contributed by atoms with Gasteiger partial charge in [-0.1, -0.05) is 30.0 Å². The van der Waals surface area contributed by atoms with Crippen LogP contribution in [0.3, 0.4) is 0 Å². The molecule has 11 heteroatoms. The molecule has 3 aromatic rings. The molecule has 1 amide bonds. The number of anilines is 1. The first-order chi connectivity index (χ1) is 15.0. The predicted molar refractivity (Wildman–Crippen MR) is 119 cm³/mol. The molecular weight excluding hydrogens is 444 g/mol. The number of alkyl halides is 2. The summed E-state index contributed by atoms with van der Waals surface area (Å²) < 4.78 is 30.1. The third kappa shape index (κ3) is 6.22. The lowest BCUT2D eigenvalue weighted by molar-refractivity contribution is -0.113. The number of carbonyl (C=O) groups is 1. The number of amides is 1. The van der Waals surface area contributed by atoms with E-state index in [9.17, 15) is 13.6 Å². The van der Waals surface area contributed by atoms with E-state index in [0.717, 1.165) is 28.1 Å². The van der Waals surface area contributed by atoms with Crippen molar-refractivity contribution in [2.75, 3.05) is 22.7 Å². The van der Waals surface area contributed by atoms with Gasteiger partial charge >= 0.3 is 6.61 Å². The standard InChI is InChI=1S/C20H19F2N5O2S2/c1-2-11-30-16-6-4-3-5-15(16)24-17(28)12-31-20-26-25-18(27(20)23)13-7-9-14(10-8-13)29-19(21)22/h2-10,19H,1,11-12,23H2,(H,24,28). The van der Waals surface area contributed by atoms with Gasteiger partial charge in [0.05, 0.1) is 11.4 Å². The number of benzene rings is 2. The Balaban J connectivity index is 1.61. The fourth-order valence-corrected chi connectivity index (χ4v) is 3.92. The maximum Gasteiger partial charge on any atom is 0.387 e. The van der Waals surface area contributed by atoms with Crippen LogP contribution in [0.1, 0.15) is 0 Å². The summed E-state index contributed by atoms with van der Waals surface area (Å²) in [4.78, 5) is 13.3. The molecule has 0 aliphatic heterocycles. The van der Waals surface area contributed by atoms with Crippen LogP contribution < -0.4 is 15.9 Å². The van der Waals surface area contributed by atoms with E-state index in [1.54, 1.807) is 30.0 Å². The van der Waals surface area contributed by atoms with Crippen molar-refractivity contribution in [1.29, 1.82) is 0 Å². The van der Waals surface area contributed by atoms with Crippen LogP contribution in [0.25, 0.3) is 11.4 Å². The van der Waals surface area contributed by atoms with Crippen molar-refractivity contribution in [3.8, 4) is 17.1 Å². The Kier molecular flexibility index (Phi) is 7.90. The van der Waals surface area contributed by atoms with Gasteiger partial charge < -0.3 is 15.9 Å². The van der Waals surface area contributed by atoms with E-state index in [1.807, 2.05) is 24.3 Å². The number of aromatic nitrogens is 3. The van der Waals surface area contributed by atoms with Gasteiger partial charge in [-0.3, -0.25) is 4.79 Å². The maximum atomic E-state index is 12.4. The highest BCUT2D eigenvalue weighted by Gasteiger charge is 2.15. The van der Waals surface area contributed by atoms with Crippen molar-refractivity contribution < 1.29 is 18.3 Å². The van der Waals surface area contributed by atoms with Gasteiger partial charge in [-0.2, -0.15) is 8.78 Å². The summed E-state index contributed by atoms with van der Waals surface area (Å²) in [6.07, 6.45) is 1.80. The summed E-state index contributed by atoms with van der Waals surface area (Å²) in [5, 5.41) is 11.2. The molecule has 31 heavy (non-hydrogen) atoms. The molecule has 0 spiro atoms. The van der Waals surface area contributed by atoms with Crippen LogP contribution in [0.4, 0.5) is 14.5 Å². The van der Waals surface area contributed by atoms with Gasteiger partial charge in [0.15, 0.2) is 5.82 Å². The van der Waals surface area contributed by atoms with Crippen LogP contribution >= 0.6 is 23.5 Å². The highest BCUT2D eigenvalue weighted by atomic mass is 32.2. The smallest absolute Gasteiger partial charge is 0.387 e. The Morgan fingerprint density at radius 2 is 1.94 bits per heavy atom. The highest BCUT2D eigenvalue weighted by molar-refractivity contribution is 8.00. The molecule has 1 aromatic heterocycles. The van der Waals surface area contributed by atoms with Gasteiger partial charge in [0.1, 0.15) is 5.75 Å². The van der Waals surface area contributed by atoms with Gasteiger partial charge in [0.2, 0.25) is 11.1 Å². The number of carbonyl (C=O) groups excluding carboxylic acids is 1. The van der Waals surface area contributed by atoms with Crippen LogP contribution in [0.15, 0.2) is 71.2 Å². The number of halogens is 2. The molecule has 2 aromatic carbocycles. The number of ether oxygens (including phenoxy) is 1. The zero-order valence-electron chi connectivity index (χ0n) is 16.2. The SMILES string of the molecule is C=CCSc1ccccc1NC(=O)CSc1nnc(-c2ccc(OC(F)F)cc2)n1N. The summed E-state index contributed by atoms with van der Waals surface area (Å²) in [5.74, 6) is 7.00. The lowest BCUT2D eigenvalue weighted by atomic mass is 10.2. The quantitative estimate of drug-likeness (QED) is 0.263. The van der Waals surface area contributed by atoms with Crippen LogP contribution in [-0.2, 0) is 4.79 Å². The Bertz CT molecular complexity index is 1040. The molecule has 1 heterocycles. The Hall–Kier alpha value is -3.05. The molecule has 0 aliphatic rings. The largest absolute Gasteiger partial charge is 0.435 e. The van der Waals surface area contributed by atoms with E-state index >= 15 is 0 Å². The molecule has 0 fully saturated rings. The van der Waals surface area contributed by atoms with Gasteiger partial charge in [0, 0.05) is 16.2 Å². The first-order valence-corrected chi connectivity index (χ1v) is 11.0. The second-order valence-electron chi connectivity index (χ2n) is 6.01. The predicted octanol–water partition coefficient (Wildman–Crippen LogP) is 4.27. The zero-order chi connectivity index (χ0) is 22.2. The van der Waals surface area contributed by atoms with Gasteiger partial charge in [-0.15, -0.1) is 28.5 Å². The first-order valence-electron chi connectivity index (χ1n) is 8.99. The fourth-order valence-electron chi connectivity index (χ4n) is 2.52. The van der Waals surface area contributed by atoms with E-state index in [-0.39, 0.29) is 17.4 Å². The molecule has 0 bridgehead atoms. The summed E-state index contributed by atoms with van der Waals surface area (Å²) in [7, 11) is 0. The molecule has 162 valence electrons. The van der Waals surface area contributed by atoms with Crippen molar-refractivity contribution in [2.24, 2.45) is 0 Å². The van der Waals surface area contributed by atoms with Gasteiger partial charge in [-0.05, 0) is 36.4 Å². The molecule has 3 N–H and O–H groups in total. The number of thioether (sulfide) groups is 2. The van der Waals surface area contributed by atoms with E-state index < -0.39 is 6.61 Å². The topological polar surface area (TPSA) is 95.1 Å².